The summed E-state index contributed by atoms with van der Waals surface area (Å²) in [5.41, 5.74) is 1.81. The maximum Gasteiger partial charge on any atom is 0.126 e. The van der Waals surface area contributed by atoms with Crippen LogP contribution in [0.5, 0.6) is 0 Å². The second-order valence-electron chi connectivity index (χ2n) is 4.61. The van der Waals surface area contributed by atoms with Gasteiger partial charge in [0.25, 0.3) is 0 Å². The van der Waals surface area contributed by atoms with E-state index in [9.17, 15) is 9.50 Å². The second-order valence-corrected chi connectivity index (χ2v) is 4.61. The Labute approximate surface area is 95.7 Å². The lowest BCUT2D eigenvalue weighted by Gasteiger charge is -2.30. The first-order valence-electron chi connectivity index (χ1n) is 5.80. The quantitative estimate of drug-likeness (QED) is 0.830. The van der Waals surface area contributed by atoms with Crippen LogP contribution in [-0.2, 0) is 6.54 Å². The Morgan fingerprint density at radius 1 is 1.50 bits per heavy atom. The van der Waals surface area contributed by atoms with Gasteiger partial charge < -0.3 is 5.11 Å². The molecule has 1 atom stereocenters. The molecule has 88 valence electrons. The van der Waals surface area contributed by atoms with Crippen molar-refractivity contribution in [2.45, 2.75) is 32.4 Å². The standard InChI is InChI=1S/C13H18FNO/c1-10-7-11(4-5-13(10)14)8-15-6-2-3-12(16)9-15/h4-5,7,12,16H,2-3,6,8-9H2,1H3. The summed E-state index contributed by atoms with van der Waals surface area (Å²) in [6.07, 6.45) is 1.75. The summed E-state index contributed by atoms with van der Waals surface area (Å²) >= 11 is 0. The molecule has 1 heterocycles. The zero-order chi connectivity index (χ0) is 11.5. The van der Waals surface area contributed by atoms with Gasteiger partial charge in [-0.1, -0.05) is 12.1 Å². The van der Waals surface area contributed by atoms with E-state index in [0.29, 0.717) is 5.56 Å². The maximum atomic E-state index is 13.1. The van der Waals surface area contributed by atoms with E-state index >= 15 is 0 Å². The van der Waals surface area contributed by atoms with Crippen molar-refractivity contribution in [1.29, 1.82) is 0 Å². The molecular weight excluding hydrogens is 205 g/mol. The van der Waals surface area contributed by atoms with Gasteiger partial charge in [-0.15, -0.1) is 0 Å². The Bertz CT molecular complexity index is 367. The summed E-state index contributed by atoms with van der Waals surface area (Å²) in [6, 6.07) is 5.23. The monoisotopic (exact) mass is 223 g/mol. The fourth-order valence-electron chi connectivity index (χ4n) is 2.24. The van der Waals surface area contributed by atoms with Gasteiger partial charge in [0, 0.05) is 13.1 Å². The van der Waals surface area contributed by atoms with Gasteiger partial charge in [0.1, 0.15) is 5.82 Å². The first-order chi connectivity index (χ1) is 7.65. The molecule has 0 saturated carbocycles. The largest absolute Gasteiger partial charge is 0.392 e. The second kappa shape index (κ2) is 4.93. The van der Waals surface area contributed by atoms with Gasteiger partial charge >= 0.3 is 0 Å². The minimum Gasteiger partial charge on any atom is -0.392 e. The van der Waals surface area contributed by atoms with Crippen LogP contribution in [0, 0.1) is 12.7 Å². The first-order valence-corrected chi connectivity index (χ1v) is 5.80. The molecule has 0 aliphatic carbocycles. The molecule has 16 heavy (non-hydrogen) atoms. The van der Waals surface area contributed by atoms with Gasteiger partial charge in [-0.25, -0.2) is 4.39 Å². The summed E-state index contributed by atoms with van der Waals surface area (Å²) < 4.78 is 13.1. The van der Waals surface area contributed by atoms with Gasteiger partial charge in [-0.3, -0.25) is 4.90 Å². The van der Waals surface area contributed by atoms with Crippen LogP contribution in [0.1, 0.15) is 24.0 Å². The molecule has 0 amide bonds. The fourth-order valence-corrected chi connectivity index (χ4v) is 2.24. The number of hydrogen-bond acceptors (Lipinski definition) is 2. The molecule has 2 nitrogen and oxygen atoms in total. The Morgan fingerprint density at radius 3 is 3.00 bits per heavy atom. The van der Waals surface area contributed by atoms with Gasteiger partial charge in [0.05, 0.1) is 6.10 Å². The highest BCUT2D eigenvalue weighted by molar-refractivity contribution is 5.23. The van der Waals surface area contributed by atoms with Gasteiger partial charge in [0.2, 0.25) is 0 Å². The lowest BCUT2D eigenvalue weighted by Crippen LogP contribution is -2.37. The van der Waals surface area contributed by atoms with Crippen molar-refractivity contribution in [3.05, 3.63) is 35.1 Å². The highest BCUT2D eigenvalue weighted by atomic mass is 19.1. The van der Waals surface area contributed by atoms with Crippen LogP contribution in [0.2, 0.25) is 0 Å². The molecule has 0 bridgehead atoms. The molecule has 1 fully saturated rings. The summed E-state index contributed by atoms with van der Waals surface area (Å²) in [4.78, 5) is 2.22. The average molecular weight is 223 g/mol. The number of aliphatic hydroxyl groups excluding tert-OH is 1. The predicted octanol–water partition coefficient (Wildman–Crippen LogP) is 2.09. The molecule has 2 rings (SSSR count). The number of benzene rings is 1. The van der Waals surface area contributed by atoms with E-state index in [-0.39, 0.29) is 11.9 Å². The van der Waals surface area contributed by atoms with E-state index in [2.05, 4.69) is 4.90 Å². The van der Waals surface area contributed by atoms with Crippen LogP contribution in [-0.4, -0.2) is 29.2 Å². The third-order valence-electron chi connectivity index (χ3n) is 3.11. The zero-order valence-electron chi connectivity index (χ0n) is 9.62. The molecule has 0 spiro atoms. The molecule has 0 radical (unpaired) electrons. The number of rotatable bonds is 2. The third kappa shape index (κ3) is 2.80. The van der Waals surface area contributed by atoms with Crippen molar-refractivity contribution >= 4 is 0 Å². The van der Waals surface area contributed by atoms with Crippen LogP contribution in [0.3, 0.4) is 0 Å². The van der Waals surface area contributed by atoms with Crippen molar-refractivity contribution < 1.29 is 9.50 Å². The van der Waals surface area contributed by atoms with Crippen molar-refractivity contribution in [1.82, 2.24) is 4.90 Å². The smallest absolute Gasteiger partial charge is 0.126 e. The number of aliphatic hydroxyl groups is 1. The predicted molar refractivity (Wildman–Crippen MR) is 61.7 cm³/mol. The Hall–Kier alpha value is -0.930. The van der Waals surface area contributed by atoms with E-state index in [0.717, 1.165) is 38.0 Å². The third-order valence-corrected chi connectivity index (χ3v) is 3.11. The summed E-state index contributed by atoms with van der Waals surface area (Å²) in [6.45, 7) is 4.34. The molecule has 1 aromatic rings. The van der Waals surface area contributed by atoms with Crippen molar-refractivity contribution in [2.75, 3.05) is 13.1 Å². The SMILES string of the molecule is Cc1cc(CN2CCCC(O)C2)ccc1F. The number of aryl methyl sites for hydroxylation is 1. The molecule has 1 aliphatic rings. The normalized spacial score (nSPS) is 22.3. The molecule has 1 aromatic carbocycles. The van der Waals surface area contributed by atoms with E-state index in [1.165, 1.54) is 6.07 Å². The number of β-amino-alcohol motifs (C(OH)–C–C–N with tert-alkyl or cyclic N) is 1. The summed E-state index contributed by atoms with van der Waals surface area (Å²) in [7, 11) is 0. The van der Waals surface area contributed by atoms with Crippen LogP contribution in [0.4, 0.5) is 4.39 Å². The molecule has 1 saturated heterocycles. The van der Waals surface area contributed by atoms with E-state index in [4.69, 9.17) is 0 Å². The van der Waals surface area contributed by atoms with Crippen LogP contribution in [0.15, 0.2) is 18.2 Å². The van der Waals surface area contributed by atoms with Crippen LogP contribution < -0.4 is 0 Å². The highest BCUT2D eigenvalue weighted by Gasteiger charge is 2.17. The molecule has 3 heteroatoms. The number of likely N-dealkylation sites (tertiary alicyclic amines) is 1. The topological polar surface area (TPSA) is 23.5 Å². The number of hydrogen-bond donors (Lipinski definition) is 1. The average Bonchev–Trinajstić information content (AvgIpc) is 2.24. The van der Waals surface area contributed by atoms with Gasteiger partial charge in [0.15, 0.2) is 0 Å². The Kier molecular flexibility index (Phi) is 3.56. The fraction of sp³-hybridized carbons (Fsp3) is 0.538. The summed E-state index contributed by atoms with van der Waals surface area (Å²) in [5.74, 6) is -0.151. The van der Waals surface area contributed by atoms with E-state index in [1.807, 2.05) is 12.1 Å². The van der Waals surface area contributed by atoms with Crippen molar-refractivity contribution in [2.24, 2.45) is 0 Å². The maximum absolute atomic E-state index is 13.1. The highest BCUT2D eigenvalue weighted by Crippen LogP contribution is 2.15. The number of piperidine rings is 1. The van der Waals surface area contributed by atoms with Crippen molar-refractivity contribution in [3.8, 4) is 0 Å². The minimum atomic E-state index is -0.199. The van der Waals surface area contributed by atoms with E-state index < -0.39 is 0 Å². The Balaban J connectivity index is 2.00. The molecule has 0 aromatic heterocycles. The van der Waals surface area contributed by atoms with Gasteiger partial charge in [-0.2, -0.15) is 0 Å². The Morgan fingerprint density at radius 2 is 2.31 bits per heavy atom. The number of nitrogens with zero attached hydrogens (tertiary/aromatic N) is 1. The molecule has 1 N–H and O–H groups in total. The lowest BCUT2D eigenvalue weighted by molar-refractivity contribution is 0.0668. The van der Waals surface area contributed by atoms with Crippen LogP contribution >= 0.6 is 0 Å². The van der Waals surface area contributed by atoms with E-state index in [1.54, 1.807) is 6.92 Å². The van der Waals surface area contributed by atoms with Crippen LogP contribution in [0.25, 0.3) is 0 Å². The molecular formula is C13H18FNO. The molecule has 1 unspecified atom stereocenters. The lowest BCUT2D eigenvalue weighted by atomic mass is 10.1. The van der Waals surface area contributed by atoms with Crippen molar-refractivity contribution in [3.63, 3.8) is 0 Å². The molecule has 1 aliphatic heterocycles. The summed E-state index contributed by atoms with van der Waals surface area (Å²) in [5, 5.41) is 9.55. The minimum absolute atomic E-state index is 0.151. The number of halogens is 1. The van der Waals surface area contributed by atoms with Gasteiger partial charge in [-0.05, 0) is 43.5 Å². The first kappa shape index (κ1) is 11.6. The zero-order valence-corrected chi connectivity index (χ0v) is 9.62.